The molecule has 1 amide bonds. The number of aliphatic hydroxyl groups is 1. The molecule has 0 aromatic carbocycles. The quantitative estimate of drug-likeness (QED) is 0.816. The van der Waals surface area contributed by atoms with Crippen LogP contribution in [0.15, 0.2) is 18.3 Å². The van der Waals surface area contributed by atoms with Crippen LogP contribution in [-0.2, 0) is 0 Å². The van der Waals surface area contributed by atoms with Gasteiger partial charge < -0.3 is 15.3 Å². The standard InChI is InChI=1S/C14H21N3O2/c1-2-15-13-12(7-4-8-16-13)14(19)17(9-10-18)11-5-3-6-11/h4,7-8,11,18H,2-3,5-6,9-10H2,1H3,(H,15,16). The van der Waals surface area contributed by atoms with Crippen molar-refractivity contribution in [3.63, 3.8) is 0 Å². The fourth-order valence-electron chi connectivity index (χ4n) is 2.30. The van der Waals surface area contributed by atoms with Crippen LogP contribution in [-0.4, -0.2) is 46.6 Å². The van der Waals surface area contributed by atoms with Crippen molar-refractivity contribution in [2.24, 2.45) is 0 Å². The Morgan fingerprint density at radius 3 is 2.95 bits per heavy atom. The van der Waals surface area contributed by atoms with Crippen LogP contribution in [0.3, 0.4) is 0 Å². The van der Waals surface area contributed by atoms with E-state index in [4.69, 9.17) is 5.11 Å². The summed E-state index contributed by atoms with van der Waals surface area (Å²) in [6, 6.07) is 3.83. The molecular formula is C14H21N3O2. The monoisotopic (exact) mass is 263 g/mol. The third kappa shape index (κ3) is 3.04. The molecule has 0 spiro atoms. The minimum Gasteiger partial charge on any atom is -0.395 e. The predicted octanol–water partition coefficient (Wildman–Crippen LogP) is 1.50. The molecule has 0 bridgehead atoms. The SMILES string of the molecule is CCNc1ncccc1C(=O)N(CCO)C1CCC1. The van der Waals surface area contributed by atoms with Crippen LogP contribution in [0.1, 0.15) is 36.5 Å². The van der Waals surface area contributed by atoms with Gasteiger partial charge in [-0.15, -0.1) is 0 Å². The van der Waals surface area contributed by atoms with Gasteiger partial charge in [0.25, 0.3) is 5.91 Å². The molecule has 1 fully saturated rings. The topological polar surface area (TPSA) is 65.5 Å². The average molecular weight is 263 g/mol. The molecule has 5 nitrogen and oxygen atoms in total. The molecule has 0 aliphatic heterocycles. The molecule has 104 valence electrons. The van der Waals surface area contributed by atoms with Crippen LogP contribution in [0, 0.1) is 0 Å². The number of carbonyl (C=O) groups is 1. The summed E-state index contributed by atoms with van der Waals surface area (Å²) in [4.78, 5) is 18.6. The Bertz CT molecular complexity index is 432. The van der Waals surface area contributed by atoms with Crippen LogP contribution in [0.2, 0.25) is 0 Å². The van der Waals surface area contributed by atoms with Crippen LogP contribution < -0.4 is 5.32 Å². The van der Waals surface area contributed by atoms with Gasteiger partial charge in [0, 0.05) is 25.3 Å². The van der Waals surface area contributed by atoms with Gasteiger partial charge in [-0.25, -0.2) is 4.98 Å². The Morgan fingerprint density at radius 1 is 1.58 bits per heavy atom. The van der Waals surface area contributed by atoms with Crippen molar-refractivity contribution in [2.45, 2.75) is 32.2 Å². The number of rotatable bonds is 6. The highest BCUT2D eigenvalue weighted by atomic mass is 16.3. The largest absolute Gasteiger partial charge is 0.395 e. The van der Waals surface area contributed by atoms with Gasteiger partial charge >= 0.3 is 0 Å². The fraction of sp³-hybridized carbons (Fsp3) is 0.571. The third-order valence-electron chi connectivity index (χ3n) is 3.50. The normalized spacial score (nSPS) is 14.8. The van der Waals surface area contributed by atoms with E-state index in [-0.39, 0.29) is 18.6 Å². The predicted molar refractivity (Wildman–Crippen MR) is 74.2 cm³/mol. The maximum Gasteiger partial charge on any atom is 0.257 e. The Balaban J connectivity index is 2.20. The molecule has 1 heterocycles. The number of amides is 1. The molecule has 0 unspecified atom stereocenters. The summed E-state index contributed by atoms with van der Waals surface area (Å²) < 4.78 is 0. The van der Waals surface area contributed by atoms with Gasteiger partial charge in [0.05, 0.1) is 12.2 Å². The van der Waals surface area contributed by atoms with Gasteiger partial charge in [0.15, 0.2) is 0 Å². The fourth-order valence-corrected chi connectivity index (χ4v) is 2.30. The molecule has 19 heavy (non-hydrogen) atoms. The van der Waals surface area contributed by atoms with E-state index in [9.17, 15) is 4.79 Å². The highest BCUT2D eigenvalue weighted by Gasteiger charge is 2.30. The van der Waals surface area contributed by atoms with E-state index in [1.807, 2.05) is 6.92 Å². The molecule has 2 N–H and O–H groups in total. The molecule has 1 saturated carbocycles. The first-order chi connectivity index (χ1) is 9.27. The number of aliphatic hydroxyl groups excluding tert-OH is 1. The van der Waals surface area contributed by atoms with Gasteiger partial charge in [-0.05, 0) is 38.3 Å². The number of pyridine rings is 1. The Hall–Kier alpha value is -1.62. The number of aromatic nitrogens is 1. The second-order valence-electron chi connectivity index (χ2n) is 4.74. The zero-order chi connectivity index (χ0) is 13.7. The van der Waals surface area contributed by atoms with Crippen LogP contribution in [0.5, 0.6) is 0 Å². The van der Waals surface area contributed by atoms with Crippen LogP contribution in [0.25, 0.3) is 0 Å². The highest BCUT2D eigenvalue weighted by Crippen LogP contribution is 2.27. The lowest BCUT2D eigenvalue weighted by Crippen LogP contribution is -2.45. The first kappa shape index (κ1) is 13.8. The molecule has 0 radical (unpaired) electrons. The summed E-state index contributed by atoms with van der Waals surface area (Å²) >= 11 is 0. The number of anilines is 1. The molecule has 0 saturated heterocycles. The molecule has 5 heteroatoms. The van der Waals surface area contributed by atoms with Gasteiger partial charge in [-0.1, -0.05) is 0 Å². The summed E-state index contributed by atoms with van der Waals surface area (Å²) in [5.41, 5.74) is 0.588. The van der Waals surface area contributed by atoms with Crippen molar-refractivity contribution in [3.05, 3.63) is 23.9 Å². The minimum atomic E-state index is -0.0391. The lowest BCUT2D eigenvalue weighted by molar-refractivity contribution is 0.0526. The second-order valence-corrected chi connectivity index (χ2v) is 4.74. The van der Waals surface area contributed by atoms with Crippen LogP contribution in [0.4, 0.5) is 5.82 Å². The number of hydrogen-bond acceptors (Lipinski definition) is 4. The molecule has 1 aliphatic carbocycles. The summed E-state index contributed by atoms with van der Waals surface area (Å²) in [5, 5.41) is 12.3. The summed E-state index contributed by atoms with van der Waals surface area (Å²) in [5.74, 6) is 0.583. The van der Waals surface area contributed by atoms with Crippen LogP contribution >= 0.6 is 0 Å². The Kier molecular flexibility index (Phi) is 4.74. The second kappa shape index (κ2) is 6.52. The van der Waals surface area contributed by atoms with Crippen molar-refractivity contribution in [1.82, 2.24) is 9.88 Å². The maximum absolute atomic E-state index is 12.6. The van der Waals surface area contributed by atoms with Crippen molar-refractivity contribution in [3.8, 4) is 0 Å². The molecule has 1 aliphatic rings. The molecule has 0 atom stereocenters. The lowest BCUT2D eigenvalue weighted by atomic mass is 9.91. The van der Waals surface area contributed by atoms with Crippen molar-refractivity contribution >= 4 is 11.7 Å². The molecule has 2 rings (SSSR count). The maximum atomic E-state index is 12.6. The van der Waals surface area contributed by atoms with Gasteiger partial charge in [-0.2, -0.15) is 0 Å². The smallest absolute Gasteiger partial charge is 0.257 e. The Labute approximate surface area is 113 Å². The number of nitrogens with one attached hydrogen (secondary N) is 1. The van der Waals surface area contributed by atoms with E-state index in [1.165, 1.54) is 0 Å². The average Bonchev–Trinajstić information content (AvgIpc) is 2.36. The molecular weight excluding hydrogens is 242 g/mol. The van der Waals surface area contributed by atoms with Crippen molar-refractivity contribution < 1.29 is 9.90 Å². The van der Waals surface area contributed by atoms with E-state index in [1.54, 1.807) is 23.2 Å². The highest BCUT2D eigenvalue weighted by molar-refractivity contribution is 5.99. The third-order valence-corrected chi connectivity index (χ3v) is 3.50. The summed E-state index contributed by atoms with van der Waals surface area (Å²) in [7, 11) is 0. The summed E-state index contributed by atoms with van der Waals surface area (Å²) in [6.45, 7) is 3.09. The first-order valence-corrected chi connectivity index (χ1v) is 6.88. The number of carbonyl (C=O) groups excluding carboxylic acids is 1. The van der Waals surface area contributed by atoms with E-state index >= 15 is 0 Å². The van der Waals surface area contributed by atoms with E-state index in [0.717, 1.165) is 25.8 Å². The minimum absolute atomic E-state index is 0.000951. The van der Waals surface area contributed by atoms with Crippen molar-refractivity contribution in [2.75, 3.05) is 25.0 Å². The Morgan fingerprint density at radius 2 is 2.37 bits per heavy atom. The van der Waals surface area contributed by atoms with E-state index in [2.05, 4.69) is 10.3 Å². The number of hydrogen-bond donors (Lipinski definition) is 2. The van der Waals surface area contributed by atoms with Crippen molar-refractivity contribution in [1.29, 1.82) is 0 Å². The lowest BCUT2D eigenvalue weighted by Gasteiger charge is -2.37. The van der Waals surface area contributed by atoms with E-state index in [0.29, 0.717) is 17.9 Å². The van der Waals surface area contributed by atoms with Gasteiger partial charge in [-0.3, -0.25) is 4.79 Å². The van der Waals surface area contributed by atoms with Gasteiger partial charge in [0.1, 0.15) is 5.82 Å². The zero-order valence-corrected chi connectivity index (χ0v) is 11.3. The zero-order valence-electron chi connectivity index (χ0n) is 11.3. The number of nitrogens with zero attached hydrogens (tertiary/aromatic N) is 2. The first-order valence-electron chi connectivity index (χ1n) is 6.88. The van der Waals surface area contributed by atoms with E-state index < -0.39 is 0 Å². The van der Waals surface area contributed by atoms with Gasteiger partial charge in [0.2, 0.25) is 0 Å². The molecule has 1 aromatic heterocycles. The molecule has 1 aromatic rings. The summed E-state index contributed by atoms with van der Waals surface area (Å²) in [6.07, 6.45) is 4.90.